The van der Waals surface area contributed by atoms with Crippen LogP contribution in [0, 0.1) is 5.92 Å². The summed E-state index contributed by atoms with van der Waals surface area (Å²) in [5, 5.41) is 3.61. The van der Waals surface area contributed by atoms with E-state index in [0.29, 0.717) is 12.1 Å². The van der Waals surface area contributed by atoms with E-state index in [0.717, 1.165) is 31.3 Å². The maximum Gasteiger partial charge on any atom is 0.0469 e. The molecule has 0 aromatic heterocycles. The van der Waals surface area contributed by atoms with Crippen molar-refractivity contribution in [1.29, 1.82) is 0 Å². The zero-order valence-electron chi connectivity index (χ0n) is 10.7. The molecule has 0 radical (unpaired) electrons. The zero-order valence-corrected chi connectivity index (χ0v) is 11.5. The summed E-state index contributed by atoms with van der Waals surface area (Å²) < 4.78 is 16.4. The maximum atomic E-state index is 11.0. The lowest BCUT2D eigenvalue weighted by Gasteiger charge is -2.30. The highest BCUT2D eigenvalue weighted by Gasteiger charge is 2.21. The lowest BCUT2D eigenvalue weighted by molar-refractivity contribution is 0.0546. The molecule has 96 valence electrons. The Morgan fingerprint density at radius 3 is 2.56 bits per heavy atom. The summed E-state index contributed by atoms with van der Waals surface area (Å²) in [6.07, 6.45) is 5.10. The number of hydrogen-bond acceptors (Lipinski definition) is 3. The summed E-state index contributed by atoms with van der Waals surface area (Å²) in [5.74, 6) is 1.54. The van der Waals surface area contributed by atoms with Crippen LogP contribution >= 0.6 is 0 Å². The van der Waals surface area contributed by atoms with E-state index in [1.807, 2.05) is 0 Å². The molecule has 0 spiro atoms. The van der Waals surface area contributed by atoms with Crippen LogP contribution in [0.25, 0.3) is 0 Å². The van der Waals surface area contributed by atoms with Gasteiger partial charge in [-0.2, -0.15) is 0 Å². The molecule has 0 bridgehead atoms. The van der Waals surface area contributed by atoms with Crippen LogP contribution in [0.1, 0.15) is 33.1 Å². The summed E-state index contributed by atoms with van der Waals surface area (Å²) in [6.45, 7) is 6.26. The Morgan fingerprint density at radius 2 is 2.00 bits per heavy atom. The Labute approximate surface area is 102 Å². The highest BCUT2D eigenvalue weighted by atomic mass is 32.2. The largest absolute Gasteiger partial charge is 0.381 e. The third-order valence-electron chi connectivity index (χ3n) is 3.36. The second kappa shape index (κ2) is 7.41. The van der Waals surface area contributed by atoms with Gasteiger partial charge in [-0.3, -0.25) is 4.21 Å². The van der Waals surface area contributed by atoms with Gasteiger partial charge in [0.2, 0.25) is 0 Å². The third-order valence-corrected chi connectivity index (χ3v) is 4.17. The first kappa shape index (κ1) is 14.1. The van der Waals surface area contributed by atoms with Crippen molar-refractivity contribution in [3.05, 3.63) is 0 Å². The molecule has 0 aromatic carbocycles. The van der Waals surface area contributed by atoms with E-state index in [4.69, 9.17) is 4.74 Å². The lowest BCUT2D eigenvalue weighted by atomic mass is 9.92. The summed E-state index contributed by atoms with van der Waals surface area (Å²) in [7, 11) is -0.666. The van der Waals surface area contributed by atoms with Gasteiger partial charge in [-0.25, -0.2) is 0 Å². The average Bonchev–Trinajstić information content (AvgIpc) is 2.27. The third kappa shape index (κ3) is 5.41. The average molecular weight is 247 g/mol. The summed E-state index contributed by atoms with van der Waals surface area (Å²) >= 11 is 0. The van der Waals surface area contributed by atoms with Gasteiger partial charge in [0.25, 0.3) is 0 Å². The Morgan fingerprint density at radius 1 is 1.38 bits per heavy atom. The predicted molar refractivity (Wildman–Crippen MR) is 69.2 cm³/mol. The van der Waals surface area contributed by atoms with E-state index in [-0.39, 0.29) is 0 Å². The van der Waals surface area contributed by atoms with Crippen molar-refractivity contribution in [1.82, 2.24) is 5.32 Å². The van der Waals surface area contributed by atoms with Gasteiger partial charge in [-0.1, -0.05) is 0 Å². The van der Waals surface area contributed by atoms with E-state index in [9.17, 15) is 4.21 Å². The molecule has 1 aliphatic heterocycles. The van der Waals surface area contributed by atoms with E-state index < -0.39 is 10.8 Å². The van der Waals surface area contributed by atoms with E-state index in [1.54, 1.807) is 6.26 Å². The molecule has 3 atom stereocenters. The molecule has 1 rings (SSSR count). The molecule has 1 aliphatic rings. The summed E-state index contributed by atoms with van der Waals surface area (Å²) in [6, 6.07) is 1.01. The Bertz CT molecular complexity index is 217. The molecule has 0 saturated carbocycles. The maximum absolute atomic E-state index is 11.0. The summed E-state index contributed by atoms with van der Waals surface area (Å²) in [4.78, 5) is 0. The van der Waals surface area contributed by atoms with Gasteiger partial charge >= 0.3 is 0 Å². The van der Waals surface area contributed by atoms with Crippen molar-refractivity contribution < 1.29 is 8.95 Å². The highest BCUT2D eigenvalue weighted by Crippen LogP contribution is 2.19. The molecule has 1 saturated heterocycles. The fraction of sp³-hybridized carbons (Fsp3) is 1.00. The van der Waals surface area contributed by atoms with Crippen LogP contribution in [0.3, 0.4) is 0 Å². The van der Waals surface area contributed by atoms with E-state index in [1.165, 1.54) is 12.8 Å². The quantitative estimate of drug-likeness (QED) is 0.774. The molecule has 0 aliphatic carbocycles. The fourth-order valence-corrected chi connectivity index (χ4v) is 2.91. The lowest BCUT2D eigenvalue weighted by Crippen LogP contribution is -2.41. The van der Waals surface area contributed by atoms with Gasteiger partial charge in [0.15, 0.2) is 0 Å². The smallest absolute Gasteiger partial charge is 0.0469 e. The molecule has 4 heteroatoms. The van der Waals surface area contributed by atoms with Gasteiger partial charge in [0, 0.05) is 48.1 Å². The van der Waals surface area contributed by atoms with Gasteiger partial charge < -0.3 is 10.1 Å². The Kier molecular flexibility index (Phi) is 6.54. The SMILES string of the molecule is CC(CCS(C)=O)NC(C)C1CCOCC1. The molecule has 1 N–H and O–H groups in total. The molecule has 3 nitrogen and oxygen atoms in total. The van der Waals surface area contributed by atoms with E-state index >= 15 is 0 Å². The molecular formula is C12H25NO2S. The van der Waals surface area contributed by atoms with Gasteiger partial charge in [0.05, 0.1) is 0 Å². The van der Waals surface area contributed by atoms with Crippen LogP contribution in [-0.4, -0.2) is 41.5 Å². The second-order valence-corrected chi connectivity index (χ2v) is 6.43. The highest BCUT2D eigenvalue weighted by molar-refractivity contribution is 7.84. The molecule has 0 amide bonds. The van der Waals surface area contributed by atoms with Crippen LogP contribution in [0.4, 0.5) is 0 Å². The normalized spacial score (nSPS) is 23.9. The molecule has 1 heterocycles. The van der Waals surface area contributed by atoms with Crippen LogP contribution < -0.4 is 5.32 Å². The predicted octanol–water partition coefficient (Wildman–Crippen LogP) is 1.55. The monoisotopic (exact) mass is 247 g/mol. The number of ether oxygens (including phenoxy) is 1. The standard InChI is InChI=1S/C12H25NO2S/c1-10(6-9-16(3)14)13-11(2)12-4-7-15-8-5-12/h10-13H,4-9H2,1-3H3. The fourth-order valence-electron chi connectivity index (χ4n) is 2.23. The second-order valence-electron chi connectivity index (χ2n) is 4.87. The zero-order chi connectivity index (χ0) is 12.0. The Balaban J connectivity index is 2.21. The first-order valence-corrected chi connectivity index (χ1v) is 7.96. The van der Waals surface area contributed by atoms with E-state index in [2.05, 4.69) is 19.2 Å². The van der Waals surface area contributed by atoms with Crippen molar-refractivity contribution in [2.75, 3.05) is 25.2 Å². The van der Waals surface area contributed by atoms with Crippen molar-refractivity contribution in [2.45, 2.75) is 45.2 Å². The molecule has 16 heavy (non-hydrogen) atoms. The Hall–Kier alpha value is 0.0700. The number of rotatable bonds is 6. The van der Waals surface area contributed by atoms with Gasteiger partial charge in [0.1, 0.15) is 0 Å². The minimum atomic E-state index is -0.666. The van der Waals surface area contributed by atoms with Crippen molar-refractivity contribution >= 4 is 10.8 Å². The molecule has 0 aromatic rings. The first-order valence-electron chi connectivity index (χ1n) is 6.23. The van der Waals surface area contributed by atoms with Gasteiger partial charge in [-0.15, -0.1) is 0 Å². The minimum absolute atomic E-state index is 0.460. The van der Waals surface area contributed by atoms with Crippen LogP contribution in [0.2, 0.25) is 0 Å². The topological polar surface area (TPSA) is 38.3 Å². The van der Waals surface area contributed by atoms with Crippen LogP contribution in [0.5, 0.6) is 0 Å². The van der Waals surface area contributed by atoms with Crippen LogP contribution in [-0.2, 0) is 15.5 Å². The first-order chi connectivity index (χ1) is 7.59. The van der Waals surface area contributed by atoms with Crippen LogP contribution in [0.15, 0.2) is 0 Å². The van der Waals surface area contributed by atoms with Crippen molar-refractivity contribution in [3.63, 3.8) is 0 Å². The summed E-state index contributed by atoms with van der Waals surface area (Å²) in [5.41, 5.74) is 0. The van der Waals surface area contributed by atoms with Gasteiger partial charge in [-0.05, 0) is 39.0 Å². The van der Waals surface area contributed by atoms with Crippen molar-refractivity contribution in [3.8, 4) is 0 Å². The molecule has 3 unspecified atom stereocenters. The minimum Gasteiger partial charge on any atom is -0.381 e. The number of nitrogens with one attached hydrogen (secondary N) is 1. The molecular weight excluding hydrogens is 222 g/mol. The number of hydrogen-bond donors (Lipinski definition) is 1. The molecule has 1 fully saturated rings. The van der Waals surface area contributed by atoms with Crippen molar-refractivity contribution in [2.24, 2.45) is 5.92 Å².